The van der Waals surface area contributed by atoms with Crippen LogP contribution in [0.4, 0.5) is 0 Å². The van der Waals surface area contributed by atoms with Gasteiger partial charge in [0.05, 0.1) is 5.38 Å². The Bertz CT molecular complexity index is 788. The predicted octanol–water partition coefficient (Wildman–Crippen LogP) is 6.78. The highest BCUT2D eigenvalue weighted by molar-refractivity contribution is 6.35. The minimum absolute atomic E-state index is 0.285. The maximum absolute atomic E-state index is 6.69. The third-order valence-electron chi connectivity index (χ3n) is 3.63. The van der Waals surface area contributed by atoms with Gasteiger partial charge >= 0.3 is 0 Å². The van der Waals surface area contributed by atoms with Crippen molar-refractivity contribution in [3.8, 4) is 0 Å². The molecule has 0 saturated carbocycles. The van der Waals surface area contributed by atoms with Gasteiger partial charge in [-0.2, -0.15) is 0 Å². The van der Waals surface area contributed by atoms with Crippen LogP contribution in [-0.4, -0.2) is 0 Å². The van der Waals surface area contributed by atoms with E-state index < -0.39 is 0 Å². The molecule has 0 radical (unpaired) electrons. The zero-order chi connectivity index (χ0) is 15.0. The van der Waals surface area contributed by atoms with E-state index in [0.29, 0.717) is 10.0 Å². The van der Waals surface area contributed by atoms with Crippen molar-refractivity contribution < 1.29 is 0 Å². The number of fused-ring (bicyclic) bond motifs is 1. The van der Waals surface area contributed by atoms with Gasteiger partial charge in [0, 0.05) is 10.0 Å². The lowest BCUT2D eigenvalue weighted by molar-refractivity contribution is 1.16. The first-order chi connectivity index (χ1) is 10.1. The summed E-state index contributed by atoms with van der Waals surface area (Å²) in [6, 6.07) is 17.9. The molecule has 0 spiro atoms. The molecule has 0 bridgehead atoms. The van der Waals surface area contributed by atoms with Crippen LogP contribution in [0, 0.1) is 6.92 Å². The van der Waals surface area contributed by atoms with E-state index in [1.807, 2.05) is 24.3 Å². The van der Waals surface area contributed by atoms with Gasteiger partial charge in [0.15, 0.2) is 0 Å². The van der Waals surface area contributed by atoms with Crippen molar-refractivity contribution in [2.75, 3.05) is 0 Å². The van der Waals surface area contributed by atoms with Crippen LogP contribution in [-0.2, 0) is 0 Å². The van der Waals surface area contributed by atoms with E-state index in [9.17, 15) is 0 Å². The SMILES string of the molecule is Cc1ccc(C(Cl)c2cc(Cl)cc(Cl)c2)c2ccccc12. The molecule has 0 fully saturated rings. The number of hydrogen-bond acceptors (Lipinski definition) is 0. The number of aryl methyl sites for hydroxylation is 1. The highest BCUT2D eigenvalue weighted by atomic mass is 35.5. The average molecular weight is 336 g/mol. The largest absolute Gasteiger partial charge is 0.113 e. The monoisotopic (exact) mass is 334 g/mol. The van der Waals surface area contributed by atoms with Crippen LogP contribution in [0.25, 0.3) is 10.8 Å². The molecule has 0 heterocycles. The second kappa shape index (κ2) is 5.88. The van der Waals surface area contributed by atoms with Gasteiger partial charge in [0.2, 0.25) is 0 Å². The van der Waals surface area contributed by atoms with E-state index in [-0.39, 0.29) is 5.38 Å². The topological polar surface area (TPSA) is 0 Å². The Labute approximate surface area is 139 Å². The molecule has 3 rings (SSSR count). The van der Waals surface area contributed by atoms with Crippen LogP contribution in [0.1, 0.15) is 22.1 Å². The highest BCUT2D eigenvalue weighted by Gasteiger charge is 2.15. The molecule has 0 aliphatic carbocycles. The molecule has 0 N–H and O–H groups in total. The van der Waals surface area contributed by atoms with Crippen molar-refractivity contribution in [3.63, 3.8) is 0 Å². The Kier molecular flexibility index (Phi) is 4.12. The summed E-state index contributed by atoms with van der Waals surface area (Å²) in [5.74, 6) is 0. The van der Waals surface area contributed by atoms with Gasteiger partial charge in [-0.15, -0.1) is 11.6 Å². The molecule has 0 nitrogen and oxygen atoms in total. The van der Waals surface area contributed by atoms with E-state index in [4.69, 9.17) is 34.8 Å². The van der Waals surface area contributed by atoms with Crippen LogP contribution in [0.15, 0.2) is 54.6 Å². The first kappa shape index (κ1) is 14.7. The maximum atomic E-state index is 6.69. The molecule has 0 aliphatic heterocycles. The van der Waals surface area contributed by atoms with Crippen molar-refractivity contribution in [2.24, 2.45) is 0 Å². The summed E-state index contributed by atoms with van der Waals surface area (Å²) in [5.41, 5.74) is 3.21. The summed E-state index contributed by atoms with van der Waals surface area (Å²) in [4.78, 5) is 0. The fourth-order valence-electron chi connectivity index (χ4n) is 2.60. The van der Waals surface area contributed by atoms with Crippen molar-refractivity contribution in [1.29, 1.82) is 0 Å². The molecular weight excluding hydrogens is 323 g/mol. The standard InChI is InChI=1S/C18H13Cl3/c1-11-6-7-17(16-5-3-2-4-15(11)16)18(21)12-8-13(19)10-14(20)9-12/h2-10,18H,1H3. The first-order valence-electron chi connectivity index (χ1n) is 6.64. The zero-order valence-electron chi connectivity index (χ0n) is 11.4. The van der Waals surface area contributed by atoms with Gasteiger partial charge in [-0.25, -0.2) is 0 Å². The molecule has 0 saturated heterocycles. The van der Waals surface area contributed by atoms with E-state index in [1.165, 1.54) is 10.9 Å². The second-order valence-corrected chi connectivity index (χ2v) is 6.39. The van der Waals surface area contributed by atoms with Crippen molar-refractivity contribution in [1.82, 2.24) is 0 Å². The molecule has 106 valence electrons. The fourth-order valence-corrected chi connectivity index (χ4v) is 3.45. The van der Waals surface area contributed by atoms with Crippen LogP contribution < -0.4 is 0 Å². The summed E-state index contributed by atoms with van der Waals surface area (Å²) in [6.07, 6.45) is 0. The Morgan fingerprint density at radius 3 is 2.10 bits per heavy atom. The summed E-state index contributed by atoms with van der Waals surface area (Å²) < 4.78 is 0. The van der Waals surface area contributed by atoms with E-state index in [1.54, 1.807) is 6.07 Å². The van der Waals surface area contributed by atoms with E-state index in [0.717, 1.165) is 16.5 Å². The first-order valence-corrected chi connectivity index (χ1v) is 7.84. The molecule has 3 aromatic rings. The fraction of sp³-hybridized carbons (Fsp3) is 0.111. The van der Waals surface area contributed by atoms with Gasteiger partial charge in [-0.05, 0) is 52.6 Å². The molecule has 0 aromatic heterocycles. The van der Waals surface area contributed by atoms with Crippen molar-refractivity contribution in [2.45, 2.75) is 12.3 Å². The van der Waals surface area contributed by atoms with Crippen molar-refractivity contribution >= 4 is 45.6 Å². The normalized spacial score (nSPS) is 12.6. The third-order valence-corrected chi connectivity index (χ3v) is 4.55. The highest BCUT2D eigenvalue weighted by Crippen LogP contribution is 2.36. The smallest absolute Gasteiger partial charge is 0.0842 e. The molecule has 3 heteroatoms. The van der Waals surface area contributed by atoms with Gasteiger partial charge < -0.3 is 0 Å². The van der Waals surface area contributed by atoms with Gasteiger partial charge in [0.1, 0.15) is 0 Å². The number of alkyl halides is 1. The second-order valence-electron chi connectivity index (χ2n) is 5.08. The summed E-state index contributed by atoms with van der Waals surface area (Å²) in [7, 11) is 0. The molecule has 21 heavy (non-hydrogen) atoms. The lowest BCUT2D eigenvalue weighted by atomic mass is 9.95. The lowest BCUT2D eigenvalue weighted by Crippen LogP contribution is -1.96. The number of rotatable bonds is 2. The quantitative estimate of drug-likeness (QED) is 0.453. The number of hydrogen-bond donors (Lipinski definition) is 0. The third kappa shape index (κ3) is 2.89. The summed E-state index contributed by atoms with van der Waals surface area (Å²) in [6.45, 7) is 2.10. The van der Waals surface area contributed by atoms with E-state index >= 15 is 0 Å². The predicted molar refractivity (Wildman–Crippen MR) is 92.8 cm³/mol. The van der Waals surface area contributed by atoms with Crippen molar-refractivity contribution in [3.05, 3.63) is 81.3 Å². The summed E-state index contributed by atoms with van der Waals surface area (Å²) >= 11 is 18.9. The molecule has 0 amide bonds. The average Bonchev–Trinajstić information content (AvgIpc) is 2.46. The van der Waals surface area contributed by atoms with Crippen LogP contribution in [0.2, 0.25) is 10.0 Å². The van der Waals surface area contributed by atoms with Gasteiger partial charge in [0.25, 0.3) is 0 Å². The molecule has 1 atom stereocenters. The molecular formula is C18H13Cl3. The maximum Gasteiger partial charge on any atom is 0.0842 e. The van der Waals surface area contributed by atoms with E-state index in [2.05, 4.69) is 31.2 Å². The number of benzene rings is 3. The molecule has 1 unspecified atom stereocenters. The Balaban J connectivity index is 2.18. The Hall–Kier alpha value is -1.21. The van der Waals surface area contributed by atoms with Crippen LogP contribution in [0.5, 0.6) is 0 Å². The molecule has 0 aliphatic rings. The lowest BCUT2D eigenvalue weighted by Gasteiger charge is -2.15. The van der Waals surface area contributed by atoms with Gasteiger partial charge in [-0.3, -0.25) is 0 Å². The zero-order valence-corrected chi connectivity index (χ0v) is 13.7. The summed E-state index contributed by atoms with van der Waals surface area (Å²) in [5, 5.41) is 3.29. The molecule has 3 aromatic carbocycles. The Morgan fingerprint density at radius 2 is 1.43 bits per heavy atom. The van der Waals surface area contributed by atoms with Crippen LogP contribution in [0.3, 0.4) is 0 Å². The minimum atomic E-state index is -0.285. The Morgan fingerprint density at radius 1 is 0.810 bits per heavy atom. The van der Waals surface area contributed by atoms with Gasteiger partial charge in [-0.1, -0.05) is 59.6 Å². The number of halogens is 3. The van der Waals surface area contributed by atoms with Crippen LogP contribution >= 0.6 is 34.8 Å². The minimum Gasteiger partial charge on any atom is -0.113 e.